The highest BCUT2D eigenvalue weighted by Gasteiger charge is 2.30. The van der Waals surface area contributed by atoms with Crippen molar-refractivity contribution in [2.45, 2.75) is 31.9 Å². The lowest BCUT2D eigenvalue weighted by Crippen LogP contribution is -2.41. The summed E-state index contributed by atoms with van der Waals surface area (Å²) in [6, 6.07) is 21.6. The molecule has 0 saturated carbocycles. The Bertz CT molecular complexity index is 1430. The van der Waals surface area contributed by atoms with Gasteiger partial charge in [-0.25, -0.2) is 4.79 Å². The Kier molecular flexibility index (Phi) is 6.83. The van der Waals surface area contributed by atoms with Gasteiger partial charge in [0.1, 0.15) is 0 Å². The molecule has 3 atom stereocenters. The van der Waals surface area contributed by atoms with E-state index in [1.807, 2.05) is 55.5 Å². The summed E-state index contributed by atoms with van der Waals surface area (Å²) in [5.41, 5.74) is 2.92. The fourth-order valence-corrected chi connectivity index (χ4v) is 4.85. The summed E-state index contributed by atoms with van der Waals surface area (Å²) in [5, 5.41) is 24.7. The topological polar surface area (TPSA) is 110 Å². The van der Waals surface area contributed by atoms with Crippen LogP contribution in [0.3, 0.4) is 0 Å². The number of nitrogens with one attached hydrogen (secondary N) is 1. The molecule has 1 amide bonds. The molecule has 8 nitrogen and oxygen atoms in total. The highest BCUT2D eigenvalue weighted by Crippen LogP contribution is 2.34. The molecule has 8 heteroatoms. The molecule has 3 aromatic carbocycles. The standard InChI is InChI=1S/C29H28N2O6/c1-18(13-21-16-31(29(34)35)24-10-6-5-9-22(21)24)30-28(33)23(27(32)20-7-3-2-4-8-20)14-19-11-12-25-26(15-19)37-17-36-25/h2-12,15-16,18,23,27,32H,13-14,17H2,1H3,(H,30,33)(H,34,35)/t18-,23-,27-/m1/s1. The molecule has 190 valence electrons. The number of amides is 1. The number of carboxylic acid groups (broad SMARTS) is 1. The van der Waals surface area contributed by atoms with Gasteiger partial charge in [0.05, 0.1) is 17.5 Å². The van der Waals surface area contributed by atoms with E-state index in [1.54, 1.807) is 30.5 Å². The average Bonchev–Trinajstić information content (AvgIpc) is 3.52. The van der Waals surface area contributed by atoms with Gasteiger partial charge in [-0.05, 0) is 54.7 Å². The highest BCUT2D eigenvalue weighted by atomic mass is 16.7. The maximum Gasteiger partial charge on any atom is 0.416 e. The SMILES string of the molecule is C[C@H](Cc1cn(C(=O)O)c2ccccc12)NC(=O)[C@H](Cc1ccc2c(c1)OCO2)[C@H](O)c1ccccc1. The second-order valence-corrected chi connectivity index (χ2v) is 9.29. The van der Waals surface area contributed by atoms with Crippen LogP contribution in [-0.2, 0) is 17.6 Å². The molecule has 3 N–H and O–H groups in total. The molecule has 0 bridgehead atoms. The number of aromatic nitrogens is 1. The number of rotatable bonds is 8. The molecule has 0 aliphatic carbocycles. The number of fused-ring (bicyclic) bond motifs is 2. The van der Waals surface area contributed by atoms with E-state index in [2.05, 4.69) is 5.32 Å². The molecule has 5 rings (SSSR count). The van der Waals surface area contributed by atoms with Crippen molar-refractivity contribution in [2.75, 3.05) is 6.79 Å². The predicted octanol–water partition coefficient (Wildman–Crippen LogP) is 4.54. The second kappa shape index (κ2) is 10.4. The number of carbonyl (C=O) groups excluding carboxylic acids is 1. The first-order valence-corrected chi connectivity index (χ1v) is 12.1. The minimum absolute atomic E-state index is 0.158. The van der Waals surface area contributed by atoms with Crippen LogP contribution in [0.4, 0.5) is 4.79 Å². The normalized spacial score (nSPS) is 14.8. The molecule has 2 heterocycles. The summed E-state index contributed by atoms with van der Waals surface area (Å²) in [5.74, 6) is 0.227. The number of aliphatic hydroxyl groups is 1. The van der Waals surface area contributed by atoms with Crippen molar-refractivity contribution in [1.82, 2.24) is 9.88 Å². The van der Waals surface area contributed by atoms with Crippen LogP contribution >= 0.6 is 0 Å². The van der Waals surface area contributed by atoms with Crippen LogP contribution < -0.4 is 14.8 Å². The number of para-hydroxylation sites is 1. The lowest BCUT2D eigenvalue weighted by Gasteiger charge is -2.25. The zero-order chi connectivity index (χ0) is 25.9. The van der Waals surface area contributed by atoms with E-state index in [0.717, 1.165) is 16.5 Å². The maximum absolute atomic E-state index is 13.5. The molecule has 0 radical (unpaired) electrons. The molecular formula is C29H28N2O6. The number of hydrogen-bond donors (Lipinski definition) is 3. The van der Waals surface area contributed by atoms with Gasteiger partial charge in [0.25, 0.3) is 0 Å². The molecule has 0 unspecified atom stereocenters. The summed E-state index contributed by atoms with van der Waals surface area (Å²) in [7, 11) is 0. The Hall–Kier alpha value is -4.30. The van der Waals surface area contributed by atoms with E-state index in [9.17, 15) is 19.8 Å². The van der Waals surface area contributed by atoms with Crippen LogP contribution in [0.1, 0.15) is 29.7 Å². The minimum Gasteiger partial charge on any atom is -0.464 e. The summed E-state index contributed by atoms with van der Waals surface area (Å²) in [6.07, 6.45) is 0.244. The van der Waals surface area contributed by atoms with Gasteiger partial charge in [-0.3, -0.25) is 9.36 Å². The molecule has 1 aliphatic heterocycles. The Morgan fingerprint density at radius 2 is 1.70 bits per heavy atom. The zero-order valence-electron chi connectivity index (χ0n) is 20.3. The minimum atomic E-state index is -1.06. The molecule has 1 aliphatic rings. The number of aliphatic hydroxyl groups excluding tert-OH is 1. The third-order valence-corrected chi connectivity index (χ3v) is 6.67. The van der Waals surface area contributed by atoms with Gasteiger partial charge in [0, 0.05) is 17.6 Å². The first-order chi connectivity index (χ1) is 17.9. The van der Waals surface area contributed by atoms with Crippen molar-refractivity contribution >= 4 is 22.9 Å². The smallest absolute Gasteiger partial charge is 0.416 e. The van der Waals surface area contributed by atoms with Gasteiger partial charge in [-0.2, -0.15) is 0 Å². The lowest BCUT2D eigenvalue weighted by molar-refractivity contribution is -0.129. The predicted molar refractivity (Wildman–Crippen MR) is 138 cm³/mol. The van der Waals surface area contributed by atoms with Gasteiger partial charge < -0.3 is 25.0 Å². The Morgan fingerprint density at radius 1 is 0.973 bits per heavy atom. The van der Waals surface area contributed by atoms with Crippen molar-refractivity contribution in [3.05, 3.63) is 95.7 Å². The summed E-state index contributed by atoms with van der Waals surface area (Å²) < 4.78 is 12.1. The summed E-state index contributed by atoms with van der Waals surface area (Å²) in [6.45, 7) is 2.03. The van der Waals surface area contributed by atoms with Crippen molar-refractivity contribution in [1.29, 1.82) is 0 Å². The Balaban J connectivity index is 1.37. The first-order valence-electron chi connectivity index (χ1n) is 12.1. The molecule has 0 saturated heterocycles. The van der Waals surface area contributed by atoms with Gasteiger partial charge in [0.15, 0.2) is 11.5 Å². The number of hydrogen-bond acceptors (Lipinski definition) is 5. The van der Waals surface area contributed by atoms with Crippen LogP contribution in [0.15, 0.2) is 79.0 Å². The summed E-state index contributed by atoms with van der Waals surface area (Å²) in [4.78, 5) is 25.2. The lowest BCUT2D eigenvalue weighted by atomic mass is 9.88. The van der Waals surface area contributed by atoms with E-state index in [4.69, 9.17) is 9.47 Å². The van der Waals surface area contributed by atoms with Gasteiger partial charge in [-0.1, -0.05) is 54.6 Å². The first kappa shape index (κ1) is 24.4. The average molecular weight is 501 g/mol. The second-order valence-electron chi connectivity index (χ2n) is 9.29. The molecule has 0 fully saturated rings. The van der Waals surface area contributed by atoms with Gasteiger partial charge in [-0.15, -0.1) is 0 Å². The monoisotopic (exact) mass is 500 g/mol. The third kappa shape index (κ3) is 5.15. The Morgan fingerprint density at radius 3 is 2.49 bits per heavy atom. The molecule has 1 aromatic heterocycles. The maximum atomic E-state index is 13.5. The van der Waals surface area contributed by atoms with Crippen LogP contribution in [0.5, 0.6) is 11.5 Å². The van der Waals surface area contributed by atoms with E-state index in [0.29, 0.717) is 35.4 Å². The zero-order valence-corrected chi connectivity index (χ0v) is 20.3. The third-order valence-electron chi connectivity index (χ3n) is 6.67. The highest BCUT2D eigenvalue weighted by molar-refractivity contribution is 5.91. The van der Waals surface area contributed by atoms with E-state index in [1.165, 1.54) is 4.57 Å². The van der Waals surface area contributed by atoms with Crippen molar-refractivity contribution in [2.24, 2.45) is 5.92 Å². The quantitative estimate of drug-likeness (QED) is 0.328. The Labute approximate surface area is 214 Å². The van der Waals surface area contributed by atoms with Crippen LogP contribution in [0, 0.1) is 5.92 Å². The van der Waals surface area contributed by atoms with Crippen LogP contribution in [-0.4, -0.2) is 39.6 Å². The van der Waals surface area contributed by atoms with Crippen molar-refractivity contribution < 1.29 is 29.3 Å². The van der Waals surface area contributed by atoms with Gasteiger partial charge >= 0.3 is 6.09 Å². The van der Waals surface area contributed by atoms with Crippen molar-refractivity contribution in [3.8, 4) is 11.5 Å². The van der Waals surface area contributed by atoms with Crippen LogP contribution in [0.25, 0.3) is 10.9 Å². The molecule has 0 spiro atoms. The fourth-order valence-electron chi connectivity index (χ4n) is 4.85. The van der Waals surface area contributed by atoms with E-state index in [-0.39, 0.29) is 18.7 Å². The molecule has 37 heavy (non-hydrogen) atoms. The van der Waals surface area contributed by atoms with Gasteiger partial charge in [0.2, 0.25) is 12.7 Å². The summed E-state index contributed by atoms with van der Waals surface area (Å²) >= 11 is 0. The number of nitrogens with zero attached hydrogens (tertiary/aromatic N) is 1. The van der Waals surface area contributed by atoms with E-state index < -0.39 is 18.1 Å². The van der Waals surface area contributed by atoms with Crippen molar-refractivity contribution in [3.63, 3.8) is 0 Å². The number of ether oxygens (including phenoxy) is 2. The number of carbonyl (C=O) groups is 2. The van der Waals surface area contributed by atoms with Crippen LogP contribution in [0.2, 0.25) is 0 Å². The number of benzene rings is 3. The molecular weight excluding hydrogens is 472 g/mol. The largest absolute Gasteiger partial charge is 0.464 e. The molecule has 4 aromatic rings. The van der Waals surface area contributed by atoms with E-state index >= 15 is 0 Å². The fraction of sp³-hybridized carbons (Fsp3) is 0.241.